The molecule has 4 nitrogen and oxygen atoms in total. The van der Waals surface area contributed by atoms with Crippen LogP contribution in [0.1, 0.15) is 10.4 Å². The molecule has 1 aromatic carbocycles. The summed E-state index contributed by atoms with van der Waals surface area (Å²) in [6, 6.07) is 5.50. The van der Waals surface area contributed by atoms with E-state index in [4.69, 9.17) is 0 Å². The number of hydrogen-bond acceptors (Lipinski definition) is 3. The molecule has 0 saturated carbocycles. The van der Waals surface area contributed by atoms with Crippen LogP contribution in [0.25, 0.3) is 0 Å². The van der Waals surface area contributed by atoms with Gasteiger partial charge in [-0.25, -0.2) is 0 Å². The summed E-state index contributed by atoms with van der Waals surface area (Å²) in [5.41, 5.74) is 1.58. The van der Waals surface area contributed by atoms with Crippen LogP contribution < -0.4 is 4.90 Å². The summed E-state index contributed by atoms with van der Waals surface area (Å²) in [6.45, 7) is 1.93. The van der Waals surface area contributed by atoms with E-state index in [1.165, 1.54) is 0 Å². The predicted molar refractivity (Wildman–Crippen MR) is 69.4 cm³/mol. The van der Waals surface area contributed by atoms with E-state index in [2.05, 4.69) is 15.9 Å². The zero-order valence-electron chi connectivity index (χ0n) is 9.52. The van der Waals surface area contributed by atoms with Gasteiger partial charge in [-0.05, 0) is 34.1 Å². The van der Waals surface area contributed by atoms with Gasteiger partial charge in [0.2, 0.25) is 5.91 Å². The molecule has 1 aromatic rings. The minimum atomic E-state index is 0.117. The summed E-state index contributed by atoms with van der Waals surface area (Å²) < 4.78 is 0.761. The zero-order chi connectivity index (χ0) is 12.4. The summed E-state index contributed by atoms with van der Waals surface area (Å²) in [5, 5.41) is 0. The molecule has 1 aliphatic heterocycles. The van der Waals surface area contributed by atoms with Crippen LogP contribution in [0.4, 0.5) is 5.69 Å². The van der Waals surface area contributed by atoms with E-state index in [9.17, 15) is 9.59 Å². The SMILES string of the molecule is CN1CCN(c2ccc(C=O)c(Br)c2)CC1=O. The summed E-state index contributed by atoms with van der Waals surface area (Å²) in [4.78, 5) is 26.1. The van der Waals surface area contributed by atoms with Crippen molar-refractivity contribution in [1.29, 1.82) is 0 Å². The lowest BCUT2D eigenvalue weighted by molar-refractivity contribution is -0.129. The van der Waals surface area contributed by atoms with Crippen molar-refractivity contribution in [2.75, 3.05) is 31.6 Å². The number of aldehydes is 1. The largest absolute Gasteiger partial charge is 0.360 e. The molecule has 0 aliphatic carbocycles. The van der Waals surface area contributed by atoms with E-state index in [1.54, 1.807) is 11.0 Å². The smallest absolute Gasteiger partial charge is 0.241 e. The topological polar surface area (TPSA) is 40.6 Å². The molecular formula is C12H13BrN2O2. The van der Waals surface area contributed by atoms with Gasteiger partial charge in [-0.3, -0.25) is 9.59 Å². The van der Waals surface area contributed by atoms with Crippen molar-refractivity contribution in [3.8, 4) is 0 Å². The predicted octanol–water partition coefficient (Wildman–Crippen LogP) is 1.54. The highest BCUT2D eigenvalue weighted by atomic mass is 79.9. The highest BCUT2D eigenvalue weighted by Gasteiger charge is 2.21. The Bertz CT molecular complexity index is 462. The molecule has 0 unspecified atom stereocenters. The van der Waals surface area contributed by atoms with Gasteiger partial charge < -0.3 is 9.80 Å². The molecular weight excluding hydrogens is 284 g/mol. The molecule has 17 heavy (non-hydrogen) atoms. The number of carbonyl (C=O) groups excluding carboxylic acids is 2. The summed E-state index contributed by atoms with van der Waals surface area (Å²) in [7, 11) is 1.81. The first-order valence-corrected chi connectivity index (χ1v) is 6.15. The van der Waals surface area contributed by atoms with Crippen molar-refractivity contribution in [1.82, 2.24) is 4.90 Å². The normalized spacial score (nSPS) is 16.2. The average molecular weight is 297 g/mol. The van der Waals surface area contributed by atoms with Crippen LogP contribution in [0, 0.1) is 0 Å². The van der Waals surface area contributed by atoms with Gasteiger partial charge in [0.1, 0.15) is 0 Å². The first-order valence-electron chi connectivity index (χ1n) is 5.35. The second-order valence-corrected chi connectivity index (χ2v) is 4.91. The molecule has 1 heterocycles. The van der Waals surface area contributed by atoms with E-state index < -0.39 is 0 Å². The molecule has 90 valence electrons. The lowest BCUT2D eigenvalue weighted by atomic mass is 10.2. The van der Waals surface area contributed by atoms with Crippen LogP contribution >= 0.6 is 15.9 Å². The van der Waals surface area contributed by atoms with Crippen LogP contribution in [0.3, 0.4) is 0 Å². The minimum absolute atomic E-state index is 0.117. The molecule has 0 spiro atoms. The summed E-state index contributed by atoms with van der Waals surface area (Å²) in [6.07, 6.45) is 0.809. The Morgan fingerprint density at radius 1 is 1.35 bits per heavy atom. The highest BCUT2D eigenvalue weighted by Crippen LogP contribution is 2.24. The maximum atomic E-state index is 11.6. The van der Waals surface area contributed by atoms with Gasteiger partial charge in [-0.1, -0.05) is 0 Å². The second kappa shape index (κ2) is 4.87. The molecule has 0 atom stereocenters. The number of amides is 1. The van der Waals surface area contributed by atoms with E-state index in [0.29, 0.717) is 12.1 Å². The number of anilines is 1. The third kappa shape index (κ3) is 2.49. The molecule has 1 amide bonds. The van der Waals surface area contributed by atoms with Crippen molar-refractivity contribution in [3.63, 3.8) is 0 Å². The zero-order valence-corrected chi connectivity index (χ0v) is 11.1. The van der Waals surface area contributed by atoms with Crippen LogP contribution in [0.5, 0.6) is 0 Å². The first kappa shape index (κ1) is 12.1. The van der Waals surface area contributed by atoms with Crippen molar-refractivity contribution >= 4 is 33.8 Å². The fourth-order valence-electron chi connectivity index (χ4n) is 1.79. The van der Waals surface area contributed by atoms with Gasteiger partial charge in [0.25, 0.3) is 0 Å². The molecule has 0 aromatic heterocycles. The van der Waals surface area contributed by atoms with Crippen molar-refractivity contribution in [3.05, 3.63) is 28.2 Å². The van der Waals surface area contributed by atoms with E-state index >= 15 is 0 Å². The Hall–Kier alpha value is -1.36. The van der Waals surface area contributed by atoms with Crippen molar-refractivity contribution in [2.24, 2.45) is 0 Å². The number of rotatable bonds is 2. The van der Waals surface area contributed by atoms with E-state index in [-0.39, 0.29) is 5.91 Å². The average Bonchev–Trinajstić information content (AvgIpc) is 2.32. The van der Waals surface area contributed by atoms with Gasteiger partial charge in [0.15, 0.2) is 6.29 Å². The Balaban J connectivity index is 2.20. The molecule has 2 rings (SSSR count). The number of nitrogens with zero attached hydrogens (tertiary/aromatic N) is 2. The fourth-order valence-corrected chi connectivity index (χ4v) is 2.25. The minimum Gasteiger partial charge on any atom is -0.360 e. The molecule has 0 bridgehead atoms. The van der Waals surface area contributed by atoms with Gasteiger partial charge in [0, 0.05) is 35.9 Å². The Labute approximate surface area is 108 Å². The Morgan fingerprint density at radius 2 is 2.12 bits per heavy atom. The lowest BCUT2D eigenvalue weighted by Crippen LogP contribution is -2.48. The number of halogens is 1. The third-order valence-electron chi connectivity index (χ3n) is 2.93. The van der Waals surface area contributed by atoms with Gasteiger partial charge in [-0.2, -0.15) is 0 Å². The number of carbonyl (C=O) groups is 2. The molecule has 1 fully saturated rings. The van der Waals surface area contributed by atoms with Gasteiger partial charge in [-0.15, -0.1) is 0 Å². The highest BCUT2D eigenvalue weighted by molar-refractivity contribution is 9.10. The third-order valence-corrected chi connectivity index (χ3v) is 3.62. The number of likely N-dealkylation sites (N-methyl/N-ethyl adjacent to an activating group) is 1. The molecule has 1 saturated heterocycles. The van der Waals surface area contributed by atoms with Crippen molar-refractivity contribution in [2.45, 2.75) is 0 Å². The molecule has 0 radical (unpaired) electrons. The van der Waals surface area contributed by atoms with E-state index in [0.717, 1.165) is 29.5 Å². The standard InChI is InChI=1S/C12H13BrN2O2/c1-14-4-5-15(7-12(14)17)10-3-2-9(8-16)11(13)6-10/h2-3,6,8H,4-5,7H2,1H3. The molecule has 5 heteroatoms. The molecule has 0 N–H and O–H groups in total. The van der Waals surface area contributed by atoms with Gasteiger partial charge >= 0.3 is 0 Å². The van der Waals surface area contributed by atoms with E-state index in [1.807, 2.05) is 24.1 Å². The van der Waals surface area contributed by atoms with Crippen LogP contribution in [0.2, 0.25) is 0 Å². The maximum Gasteiger partial charge on any atom is 0.241 e. The van der Waals surface area contributed by atoms with Gasteiger partial charge in [0.05, 0.1) is 6.54 Å². The monoisotopic (exact) mass is 296 g/mol. The summed E-state index contributed by atoms with van der Waals surface area (Å²) >= 11 is 3.35. The quantitative estimate of drug-likeness (QED) is 0.778. The first-order chi connectivity index (χ1) is 8.11. The Kier molecular flexibility index (Phi) is 3.47. The second-order valence-electron chi connectivity index (χ2n) is 4.06. The fraction of sp³-hybridized carbons (Fsp3) is 0.333. The van der Waals surface area contributed by atoms with Crippen LogP contribution in [-0.2, 0) is 4.79 Å². The Morgan fingerprint density at radius 3 is 2.71 bits per heavy atom. The number of piperazine rings is 1. The molecule has 1 aliphatic rings. The lowest BCUT2D eigenvalue weighted by Gasteiger charge is -2.33. The maximum absolute atomic E-state index is 11.6. The van der Waals surface area contributed by atoms with Crippen LogP contribution in [0.15, 0.2) is 22.7 Å². The number of hydrogen-bond donors (Lipinski definition) is 0. The number of benzene rings is 1. The van der Waals surface area contributed by atoms with Crippen molar-refractivity contribution < 1.29 is 9.59 Å². The van der Waals surface area contributed by atoms with Crippen LogP contribution in [-0.4, -0.2) is 43.8 Å². The summed E-state index contributed by atoms with van der Waals surface area (Å²) in [5.74, 6) is 0.117.